The predicted octanol–water partition coefficient (Wildman–Crippen LogP) is 2.67. The van der Waals surface area contributed by atoms with Crippen molar-refractivity contribution in [3.05, 3.63) is 59.7 Å². The average Bonchev–Trinajstić information content (AvgIpc) is 2.66. The summed E-state index contributed by atoms with van der Waals surface area (Å²) >= 11 is 0. The molecule has 0 aliphatic rings. The molecule has 2 aromatic rings. The van der Waals surface area contributed by atoms with Crippen molar-refractivity contribution in [1.29, 1.82) is 5.26 Å². The molecule has 0 bridgehead atoms. The van der Waals surface area contributed by atoms with Crippen molar-refractivity contribution in [2.75, 3.05) is 25.5 Å². The highest BCUT2D eigenvalue weighted by Crippen LogP contribution is 2.22. The number of carbonyl (C=O) groups excluding carboxylic acids is 2. The van der Waals surface area contributed by atoms with Crippen LogP contribution in [0.25, 0.3) is 0 Å². The van der Waals surface area contributed by atoms with Crippen molar-refractivity contribution in [3.8, 4) is 11.8 Å². The van der Waals surface area contributed by atoms with E-state index in [1.165, 1.54) is 18.1 Å². The molecule has 2 amide bonds. The fourth-order valence-electron chi connectivity index (χ4n) is 2.34. The second kappa shape index (κ2) is 8.50. The molecule has 0 saturated heterocycles. The SMILES string of the molecule is CCN(CC(=O)Nc1ccccc1OC)C(=O)c1cccc(C#N)c1. The highest BCUT2D eigenvalue weighted by Gasteiger charge is 2.18. The molecule has 6 nitrogen and oxygen atoms in total. The third-order valence-electron chi connectivity index (χ3n) is 3.62. The molecule has 6 heteroatoms. The van der Waals surface area contributed by atoms with Crippen LogP contribution < -0.4 is 10.1 Å². The summed E-state index contributed by atoms with van der Waals surface area (Å²) in [5, 5.41) is 11.7. The Morgan fingerprint density at radius 1 is 1.20 bits per heavy atom. The van der Waals surface area contributed by atoms with Crippen LogP contribution in [0.2, 0.25) is 0 Å². The zero-order valence-corrected chi connectivity index (χ0v) is 14.2. The molecule has 2 rings (SSSR count). The van der Waals surface area contributed by atoms with E-state index in [0.717, 1.165) is 0 Å². The largest absolute Gasteiger partial charge is 0.495 e. The highest BCUT2D eigenvalue weighted by molar-refractivity contribution is 6.00. The van der Waals surface area contributed by atoms with Gasteiger partial charge in [0.15, 0.2) is 0 Å². The number of nitriles is 1. The lowest BCUT2D eigenvalue weighted by Gasteiger charge is -2.21. The normalized spacial score (nSPS) is 9.80. The van der Waals surface area contributed by atoms with Crippen LogP contribution >= 0.6 is 0 Å². The first-order valence-electron chi connectivity index (χ1n) is 7.81. The number of rotatable bonds is 6. The molecule has 128 valence electrons. The number of hydrogen-bond donors (Lipinski definition) is 1. The van der Waals surface area contributed by atoms with Crippen LogP contribution in [0.1, 0.15) is 22.8 Å². The van der Waals surface area contributed by atoms with Gasteiger partial charge in [-0.15, -0.1) is 0 Å². The van der Waals surface area contributed by atoms with E-state index in [4.69, 9.17) is 10.00 Å². The fourth-order valence-corrected chi connectivity index (χ4v) is 2.34. The van der Waals surface area contributed by atoms with Gasteiger partial charge in [0, 0.05) is 12.1 Å². The van der Waals surface area contributed by atoms with Crippen LogP contribution in [0, 0.1) is 11.3 Å². The monoisotopic (exact) mass is 337 g/mol. The number of likely N-dealkylation sites (N-methyl/N-ethyl adjacent to an activating group) is 1. The predicted molar refractivity (Wildman–Crippen MR) is 94.4 cm³/mol. The van der Waals surface area contributed by atoms with Crippen molar-refractivity contribution in [2.24, 2.45) is 0 Å². The van der Waals surface area contributed by atoms with Gasteiger partial charge in [0.25, 0.3) is 5.91 Å². The van der Waals surface area contributed by atoms with Crippen LogP contribution in [0.5, 0.6) is 5.75 Å². The van der Waals surface area contributed by atoms with E-state index in [2.05, 4.69) is 5.32 Å². The Labute approximate surface area is 146 Å². The van der Waals surface area contributed by atoms with E-state index < -0.39 is 0 Å². The standard InChI is InChI=1S/C19H19N3O3/c1-3-22(19(24)15-8-6-7-14(11-15)12-20)13-18(23)21-16-9-4-5-10-17(16)25-2/h4-11H,3,13H2,1-2H3,(H,21,23). The Morgan fingerprint density at radius 3 is 2.64 bits per heavy atom. The zero-order valence-electron chi connectivity index (χ0n) is 14.2. The lowest BCUT2D eigenvalue weighted by molar-refractivity contribution is -0.116. The average molecular weight is 337 g/mol. The molecule has 1 N–H and O–H groups in total. The Bertz CT molecular complexity index is 812. The number of nitrogens with zero attached hydrogens (tertiary/aromatic N) is 2. The summed E-state index contributed by atoms with van der Waals surface area (Å²) in [7, 11) is 1.52. The van der Waals surface area contributed by atoms with Crippen LogP contribution in [0.15, 0.2) is 48.5 Å². The molecule has 0 aliphatic carbocycles. The van der Waals surface area contributed by atoms with Gasteiger partial charge in [0.2, 0.25) is 5.91 Å². The van der Waals surface area contributed by atoms with Crippen molar-refractivity contribution < 1.29 is 14.3 Å². The number of hydrogen-bond acceptors (Lipinski definition) is 4. The number of nitrogens with one attached hydrogen (secondary N) is 1. The first kappa shape index (κ1) is 18.0. The Morgan fingerprint density at radius 2 is 1.96 bits per heavy atom. The molecule has 25 heavy (non-hydrogen) atoms. The molecule has 0 fully saturated rings. The van der Waals surface area contributed by atoms with Gasteiger partial charge in [-0.3, -0.25) is 9.59 Å². The number of benzene rings is 2. The van der Waals surface area contributed by atoms with E-state index in [1.54, 1.807) is 49.4 Å². The summed E-state index contributed by atoms with van der Waals surface area (Å²) < 4.78 is 5.19. The van der Waals surface area contributed by atoms with Crippen LogP contribution in [-0.2, 0) is 4.79 Å². The third-order valence-corrected chi connectivity index (χ3v) is 3.62. The number of ether oxygens (including phenoxy) is 1. The van der Waals surface area contributed by atoms with Gasteiger partial charge in [-0.05, 0) is 37.3 Å². The molecule has 0 radical (unpaired) electrons. The van der Waals surface area contributed by atoms with E-state index >= 15 is 0 Å². The molecule has 0 aliphatic heterocycles. The minimum Gasteiger partial charge on any atom is -0.495 e. The van der Waals surface area contributed by atoms with Gasteiger partial charge in [0.1, 0.15) is 12.3 Å². The quantitative estimate of drug-likeness (QED) is 0.878. The van der Waals surface area contributed by atoms with Crippen LogP contribution in [-0.4, -0.2) is 36.9 Å². The molecular formula is C19H19N3O3. The minimum absolute atomic E-state index is 0.0931. The minimum atomic E-state index is -0.323. The van der Waals surface area contributed by atoms with Crippen LogP contribution in [0.4, 0.5) is 5.69 Å². The lowest BCUT2D eigenvalue weighted by atomic mass is 10.1. The van der Waals surface area contributed by atoms with Gasteiger partial charge in [-0.25, -0.2) is 0 Å². The first-order valence-corrected chi connectivity index (χ1v) is 7.81. The van der Waals surface area contributed by atoms with Crippen molar-refractivity contribution in [3.63, 3.8) is 0 Å². The summed E-state index contributed by atoms with van der Waals surface area (Å²) in [6.45, 7) is 2.07. The molecular weight excluding hydrogens is 318 g/mol. The lowest BCUT2D eigenvalue weighted by Crippen LogP contribution is -2.37. The van der Waals surface area contributed by atoms with Crippen molar-refractivity contribution in [1.82, 2.24) is 4.90 Å². The highest BCUT2D eigenvalue weighted by atomic mass is 16.5. The number of para-hydroxylation sites is 2. The number of carbonyl (C=O) groups is 2. The smallest absolute Gasteiger partial charge is 0.254 e. The molecule has 0 aromatic heterocycles. The van der Waals surface area contributed by atoms with Gasteiger partial charge in [-0.2, -0.15) is 5.26 Å². The molecule has 0 unspecified atom stereocenters. The fraction of sp³-hybridized carbons (Fsp3) is 0.211. The van der Waals surface area contributed by atoms with Gasteiger partial charge in [0.05, 0.1) is 24.4 Å². The second-order valence-corrected chi connectivity index (χ2v) is 5.26. The van der Waals surface area contributed by atoms with Crippen molar-refractivity contribution >= 4 is 17.5 Å². The van der Waals surface area contributed by atoms with E-state index in [-0.39, 0.29) is 18.4 Å². The Balaban J connectivity index is 2.09. The molecule has 2 aromatic carbocycles. The summed E-state index contributed by atoms with van der Waals surface area (Å²) in [5.41, 5.74) is 1.33. The summed E-state index contributed by atoms with van der Waals surface area (Å²) in [5.74, 6) is -0.0714. The molecule has 0 heterocycles. The first-order chi connectivity index (χ1) is 12.1. The molecule has 0 spiro atoms. The van der Waals surface area contributed by atoms with E-state index in [1.807, 2.05) is 6.07 Å². The maximum Gasteiger partial charge on any atom is 0.254 e. The molecule has 0 atom stereocenters. The van der Waals surface area contributed by atoms with Crippen molar-refractivity contribution in [2.45, 2.75) is 6.92 Å². The number of anilines is 1. The van der Waals surface area contributed by atoms with E-state index in [0.29, 0.717) is 29.1 Å². The van der Waals surface area contributed by atoms with Crippen LogP contribution in [0.3, 0.4) is 0 Å². The van der Waals surface area contributed by atoms with E-state index in [9.17, 15) is 9.59 Å². The summed E-state index contributed by atoms with van der Waals surface area (Å²) in [6.07, 6.45) is 0. The van der Waals surface area contributed by atoms with Gasteiger partial charge in [-0.1, -0.05) is 18.2 Å². The number of methoxy groups -OCH3 is 1. The topological polar surface area (TPSA) is 82.4 Å². The number of amides is 2. The summed E-state index contributed by atoms with van der Waals surface area (Å²) in [4.78, 5) is 26.3. The Hall–Kier alpha value is -3.33. The van der Waals surface area contributed by atoms with Gasteiger partial charge >= 0.3 is 0 Å². The molecule has 0 saturated carbocycles. The Kier molecular flexibility index (Phi) is 6.13. The maximum absolute atomic E-state index is 12.6. The van der Waals surface area contributed by atoms with Gasteiger partial charge < -0.3 is 15.0 Å². The second-order valence-electron chi connectivity index (χ2n) is 5.26. The summed E-state index contributed by atoms with van der Waals surface area (Å²) in [6, 6.07) is 15.5. The zero-order chi connectivity index (χ0) is 18.2. The third kappa shape index (κ3) is 4.58. The maximum atomic E-state index is 12.6.